The Kier molecular flexibility index (Phi) is 7.11. The molecule has 0 saturated heterocycles. The van der Waals surface area contributed by atoms with Gasteiger partial charge in [-0.2, -0.15) is 0 Å². The van der Waals surface area contributed by atoms with E-state index in [1.165, 1.54) is 16.0 Å². The van der Waals surface area contributed by atoms with Gasteiger partial charge in [0.1, 0.15) is 16.5 Å². The first-order chi connectivity index (χ1) is 19.4. The average molecular weight is 560 g/mol. The molecule has 6 nitrogen and oxygen atoms in total. The van der Waals surface area contributed by atoms with Crippen LogP contribution < -0.4 is 14.8 Å². The van der Waals surface area contributed by atoms with Gasteiger partial charge in [0.2, 0.25) is 5.91 Å². The number of ether oxygens (including phenoxy) is 3. The van der Waals surface area contributed by atoms with Gasteiger partial charge in [0.05, 0.1) is 32.8 Å². The van der Waals surface area contributed by atoms with Gasteiger partial charge in [-0.25, -0.2) is 4.79 Å². The highest BCUT2D eigenvalue weighted by molar-refractivity contribution is 7.17. The number of rotatable bonds is 7. The number of hydrogen-bond acceptors (Lipinski definition) is 6. The van der Waals surface area contributed by atoms with Crippen molar-refractivity contribution in [2.24, 2.45) is 11.8 Å². The first-order valence-electron chi connectivity index (χ1n) is 14.3. The quantitative estimate of drug-likeness (QED) is 0.327. The van der Waals surface area contributed by atoms with Crippen LogP contribution >= 0.6 is 11.3 Å². The maximum atomic E-state index is 13.4. The van der Waals surface area contributed by atoms with Gasteiger partial charge in [-0.3, -0.25) is 4.79 Å². The van der Waals surface area contributed by atoms with Crippen LogP contribution in [0.15, 0.2) is 42.5 Å². The first kappa shape index (κ1) is 26.9. The van der Waals surface area contributed by atoms with E-state index in [4.69, 9.17) is 14.2 Å². The fourth-order valence-electron chi connectivity index (χ4n) is 7.70. The third-order valence-corrected chi connectivity index (χ3v) is 10.7. The van der Waals surface area contributed by atoms with Crippen LogP contribution in [0.3, 0.4) is 0 Å². The molecule has 3 aliphatic carbocycles. The summed E-state index contributed by atoms with van der Waals surface area (Å²) in [6, 6.07) is 14.1. The van der Waals surface area contributed by atoms with Crippen LogP contribution in [-0.4, -0.2) is 32.7 Å². The lowest BCUT2D eigenvalue weighted by Gasteiger charge is -2.49. The average Bonchev–Trinajstić information content (AvgIpc) is 3.46. The van der Waals surface area contributed by atoms with Crippen LogP contribution in [-0.2, 0) is 34.2 Å². The van der Waals surface area contributed by atoms with Crippen LogP contribution in [0, 0.1) is 11.8 Å². The molecular formula is C33H37NO5S. The third kappa shape index (κ3) is 4.48. The van der Waals surface area contributed by atoms with Gasteiger partial charge in [-0.05, 0) is 109 Å². The van der Waals surface area contributed by atoms with Crippen molar-refractivity contribution < 1.29 is 23.8 Å². The van der Waals surface area contributed by atoms with Crippen molar-refractivity contribution in [3.63, 3.8) is 0 Å². The number of aryl methyl sites for hydroxylation is 1. The second kappa shape index (κ2) is 10.6. The van der Waals surface area contributed by atoms with Crippen molar-refractivity contribution in [2.75, 3.05) is 26.1 Å². The summed E-state index contributed by atoms with van der Waals surface area (Å²) in [5.74, 6) is 2.80. The normalized spacial score (nSPS) is 24.2. The van der Waals surface area contributed by atoms with Crippen LogP contribution in [0.1, 0.15) is 76.5 Å². The zero-order valence-corrected chi connectivity index (χ0v) is 24.5. The van der Waals surface area contributed by atoms with Gasteiger partial charge < -0.3 is 19.5 Å². The number of esters is 1. The van der Waals surface area contributed by atoms with Gasteiger partial charge in [0, 0.05) is 4.88 Å². The smallest absolute Gasteiger partial charge is 0.341 e. The fourth-order valence-corrected chi connectivity index (χ4v) is 9.10. The maximum Gasteiger partial charge on any atom is 0.341 e. The molecule has 7 heteroatoms. The Morgan fingerprint density at radius 1 is 1.05 bits per heavy atom. The van der Waals surface area contributed by atoms with Crippen LogP contribution in [0.4, 0.5) is 5.00 Å². The number of methoxy groups -OCH3 is 2. The number of benzene rings is 2. The van der Waals surface area contributed by atoms with E-state index in [1.54, 1.807) is 25.6 Å². The van der Waals surface area contributed by atoms with Gasteiger partial charge in [-0.15, -0.1) is 11.3 Å². The van der Waals surface area contributed by atoms with Gasteiger partial charge >= 0.3 is 5.97 Å². The SMILES string of the molecule is CCOC(=O)c1c(NC(=O)Cc2ccc(OC)cc2)sc2c1[C@@]1(C)CC[C@@H]3c4ccc(OC)cc4CC[C@@H]3[C@@H]1C2. The van der Waals surface area contributed by atoms with E-state index in [2.05, 4.69) is 30.4 Å². The number of anilines is 1. The first-order valence-corrected chi connectivity index (χ1v) is 15.1. The van der Waals surface area contributed by atoms with Crippen LogP contribution in [0.25, 0.3) is 0 Å². The zero-order valence-electron chi connectivity index (χ0n) is 23.7. The molecule has 210 valence electrons. The second-order valence-corrected chi connectivity index (χ2v) is 12.6. The summed E-state index contributed by atoms with van der Waals surface area (Å²) in [5.41, 5.74) is 5.38. The molecule has 0 spiro atoms. The fraction of sp³-hybridized carbons (Fsp3) is 0.455. The van der Waals surface area contributed by atoms with E-state index in [1.807, 2.05) is 31.2 Å². The molecule has 1 saturated carbocycles. The molecular weight excluding hydrogens is 522 g/mol. The highest BCUT2D eigenvalue weighted by Gasteiger charge is 2.55. The number of carbonyl (C=O) groups excluding carboxylic acids is 2. The molecule has 6 rings (SSSR count). The molecule has 1 fully saturated rings. The van der Waals surface area contributed by atoms with E-state index in [0.717, 1.165) is 54.7 Å². The summed E-state index contributed by atoms with van der Waals surface area (Å²) >= 11 is 1.57. The van der Waals surface area contributed by atoms with Crippen molar-refractivity contribution in [1.29, 1.82) is 0 Å². The summed E-state index contributed by atoms with van der Waals surface area (Å²) in [7, 11) is 3.35. The van der Waals surface area contributed by atoms with Crippen LogP contribution in [0.5, 0.6) is 11.5 Å². The Labute approximate surface area is 240 Å². The highest BCUT2D eigenvalue weighted by Crippen LogP contribution is 2.63. The van der Waals surface area contributed by atoms with Gasteiger partial charge in [-0.1, -0.05) is 25.1 Å². The van der Waals surface area contributed by atoms with Crippen molar-refractivity contribution >= 4 is 28.2 Å². The maximum absolute atomic E-state index is 13.4. The molecule has 40 heavy (non-hydrogen) atoms. The lowest BCUT2D eigenvalue weighted by molar-refractivity contribution is -0.115. The van der Waals surface area contributed by atoms with Gasteiger partial charge in [0.25, 0.3) is 0 Å². The molecule has 1 amide bonds. The van der Waals surface area contributed by atoms with E-state index in [0.29, 0.717) is 34.9 Å². The van der Waals surface area contributed by atoms with E-state index >= 15 is 0 Å². The molecule has 1 N–H and O–H groups in total. The number of carbonyl (C=O) groups is 2. The summed E-state index contributed by atoms with van der Waals surface area (Å²) in [6.07, 6.45) is 5.49. The predicted molar refractivity (Wildman–Crippen MR) is 157 cm³/mol. The Balaban J connectivity index is 1.29. The topological polar surface area (TPSA) is 73.9 Å². The lowest BCUT2D eigenvalue weighted by Crippen LogP contribution is -2.43. The monoisotopic (exact) mass is 559 g/mol. The molecule has 2 aromatic carbocycles. The number of thiophene rings is 1. The molecule has 0 radical (unpaired) electrons. The largest absolute Gasteiger partial charge is 0.497 e. The third-order valence-electron chi connectivity index (χ3n) is 9.54. The van der Waals surface area contributed by atoms with E-state index in [-0.39, 0.29) is 23.7 Å². The van der Waals surface area contributed by atoms with E-state index in [9.17, 15) is 9.59 Å². The summed E-state index contributed by atoms with van der Waals surface area (Å²) < 4.78 is 16.3. The van der Waals surface area contributed by atoms with Crippen molar-refractivity contribution in [3.8, 4) is 11.5 Å². The van der Waals surface area contributed by atoms with Crippen molar-refractivity contribution in [3.05, 3.63) is 75.2 Å². The highest BCUT2D eigenvalue weighted by atomic mass is 32.1. The Morgan fingerprint density at radius 3 is 2.52 bits per heavy atom. The predicted octanol–water partition coefficient (Wildman–Crippen LogP) is 6.69. The molecule has 1 heterocycles. The molecule has 4 atom stereocenters. The molecule has 1 aromatic heterocycles. The summed E-state index contributed by atoms with van der Waals surface area (Å²) in [6.45, 7) is 4.48. The second-order valence-electron chi connectivity index (χ2n) is 11.5. The molecule has 3 aromatic rings. The molecule has 0 bridgehead atoms. The number of hydrogen-bond donors (Lipinski definition) is 1. The minimum atomic E-state index is -0.329. The standard InChI is InChI=1S/C33H37NO5S/c1-5-39-32(36)29-30-27(40-31(29)34-28(35)16-19-6-9-21(37-3)10-7-19)18-26-25-12-8-20-17-22(38-4)11-13-23(20)24(25)14-15-33(26,30)2/h6-7,9-11,13,17,24-26H,5,8,12,14-16,18H2,1-4H3,(H,34,35)/t24-,25+,26+,33+/m1/s1. The van der Waals surface area contributed by atoms with E-state index < -0.39 is 0 Å². The number of nitrogens with one attached hydrogen (secondary N) is 1. The number of fused-ring (bicyclic) bond motifs is 7. The van der Waals surface area contributed by atoms with Crippen molar-refractivity contribution in [2.45, 2.75) is 63.7 Å². The lowest BCUT2D eigenvalue weighted by atomic mass is 9.54. The minimum Gasteiger partial charge on any atom is -0.497 e. The Morgan fingerprint density at radius 2 is 1.80 bits per heavy atom. The molecule has 0 unspecified atom stereocenters. The van der Waals surface area contributed by atoms with Gasteiger partial charge in [0.15, 0.2) is 0 Å². The Hall–Kier alpha value is -3.32. The Bertz CT molecular complexity index is 1440. The summed E-state index contributed by atoms with van der Waals surface area (Å²) in [4.78, 5) is 27.8. The van der Waals surface area contributed by atoms with Crippen molar-refractivity contribution in [1.82, 2.24) is 0 Å². The number of amides is 1. The zero-order chi connectivity index (χ0) is 28.0. The molecule has 0 aliphatic heterocycles. The summed E-state index contributed by atoms with van der Waals surface area (Å²) in [5, 5.41) is 3.71. The molecule has 3 aliphatic rings. The van der Waals surface area contributed by atoms with Crippen LogP contribution in [0.2, 0.25) is 0 Å². The minimum absolute atomic E-state index is 0.113.